The number of amidine groups is 1. The van der Waals surface area contributed by atoms with Crippen molar-refractivity contribution < 1.29 is 8.42 Å². The van der Waals surface area contributed by atoms with Crippen molar-refractivity contribution in [2.45, 2.75) is 4.90 Å². The lowest BCUT2D eigenvalue weighted by atomic mass is 9.98. The number of rotatable bonds is 3. The van der Waals surface area contributed by atoms with Crippen LogP contribution in [0.1, 0.15) is 5.56 Å². The maximum absolute atomic E-state index is 12.0. The van der Waals surface area contributed by atoms with E-state index >= 15 is 0 Å². The Balaban J connectivity index is 2.01. The van der Waals surface area contributed by atoms with Crippen molar-refractivity contribution in [3.8, 4) is 11.1 Å². The summed E-state index contributed by atoms with van der Waals surface area (Å²) in [6, 6.07) is 10.3. The van der Waals surface area contributed by atoms with E-state index in [-0.39, 0.29) is 17.4 Å². The fraction of sp³-hybridized carbons (Fsp3) is 0.0667. The summed E-state index contributed by atoms with van der Waals surface area (Å²) in [6.45, 7) is 0.157. The number of imidazole rings is 1. The number of aromatic amines is 1. The number of benzene rings is 2. The van der Waals surface area contributed by atoms with Gasteiger partial charge in [0.1, 0.15) is 0 Å². The maximum atomic E-state index is 12.0. The number of hydrogen-bond acceptors (Lipinski definition) is 7. The molecule has 0 spiro atoms. The summed E-state index contributed by atoms with van der Waals surface area (Å²) < 4.78 is 24.1. The summed E-state index contributed by atoms with van der Waals surface area (Å²) >= 11 is 0. The largest absolute Gasteiger partial charge is 0.369 e. The Hall–Kier alpha value is -3.11. The van der Waals surface area contributed by atoms with Gasteiger partial charge in [-0.05, 0) is 29.3 Å². The van der Waals surface area contributed by atoms with Crippen LogP contribution in [-0.2, 0) is 10.0 Å². The summed E-state index contributed by atoms with van der Waals surface area (Å²) in [6.07, 6.45) is 0. The number of fused-ring (bicyclic) bond motifs is 1. The normalized spacial score (nSPS) is 14.2. The van der Waals surface area contributed by atoms with Gasteiger partial charge in [0, 0.05) is 5.56 Å². The molecule has 1 aliphatic rings. The molecule has 4 rings (SSSR count). The van der Waals surface area contributed by atoms with Gasteiger partial charge in [0.2, 0.25) is 10.0 Å². The number of H-pyrrole nitrogens is 1. The molecule has 5 N–H and O–H groups in total. The van der Waals surface area contributed by atoms with E-state index in [0.717, 1.165) is 11.1 Å². The monoisotopic (exact) mass is 355 g/mol. The van der Waals surface area contributed by atoms with Crippen molar-refractivity contribution in [1.82, 2.24) is 9.97 Å². The lowest BCUT2D eigenvalue weighted by molar-refractivity contribution is 0.597. The number of nitrogen functional groups attached to an aromatic ring is 1. The molecule has 0 aliphatic carbocycles. The molecule has 0 bridgehead atoms. The van der Waals surface area contributed by atoms with Crippen LogP contribution in [0, 0.1) is 0 Å². The lowest BCUT2D eigenvalue weighted by Crippen LogP contribution is -2.17. The fourth-order valence-electron chi connectivity index (χ4n) is 2.79. The minimum Gasteiger partial charge on any atom is -0.369 e. The molecule has 2 heterocycles. The summed E-state index contributed by atoms with van der Waals surface area (Å²) in [5.74, 6) is 0.545. The molecule has 9 nitrogen and oxygen atoms in total. The van der Waals surface area contributed by atoms with Crippen LogP contribution in [0.2, 0.25) is 0 Å². The van der Waals surface area contributed by atoms with Gasteiger partial charge in [0.15, 0.2) is 18.5 Å². The zero-order chi connectivity index (χ0) is 17.6. The van der Waals surface area contributed by atoms with Crippen LogP contribution in [0.15, 0.2) is 56.5 Å². The molecule has 10 heteroatoms. The van der Waals surface area contributed by atoms with Crippen LogP contribution in [-0.4, -0.2) is 30.9 Å². The zero-order valence-corrected chi connectivity index (χ0v) is 13.7. The Bertz CT molecular complexity index is 1160. The average molecular weight is 355 g/mol. The number of hydrogen-bond donors (Lipinski definition) is 3. The molecule has 3 aromatic rings. The number of primary sulfonamides is 1. The third-order valence-corrected chi connectivity index (χ3v) is 4.77. The highest BCUT2D eigenvalue weighted by Gasteiger charge is 2.23. The van der Waals surface area contributed by atoms with Gasteiger partial charge in [-0.2, -0.15) is 5.11 Å². The van der Waals surface area contributed by atoms with Gasteiger partial charge < -0.3 is 10.7 Å². The van der Waals surface area contributed by atoms with E-state index in [1.165, 1.54) is 6.07 Å². The number of nitrogens with one attached hydrogen (secondary N) is 1. The van der Waals surface area contributed by atoms with Crippen molar-refractivity contribution in [2.24, 2.45) is 20.4 Å². The van der Waals surface area contributed by atoms with Gasteiger partial charge in [-0.25, -0.2) is 23.5 Å². The summed E-state index contributed by atoms with van der Waals surface area (Å²) in [4.78, 5) is 11.2. The van der Waals surface area contributed by atoms with Crippen molar-refractivity contribution in [3.05, 3.63) is 42.0 Å². The van der Waals surface area contributed by atoms with E-state index in [0.29, 0.717) is 22.6 Å². The number of nitrogens with two attached hydrogens (primary N) is 2. The molecular formula is C15H13N7O2S. The summed E-state index contributed by atoms with van der Waals surface area (Å²) in [5, 5.41) is 13.1. The standard InChI is InChI=1S/C15H13N7O2S/c16-15-20-10-5-4-8(6-11(10)21-15)9-2-1-3-12(25(17,23)24)13(9)14-18-7-19-22-14/h1-6H,7H2,(H3,16,20,21)(H2,17,23,24). The number of aliphatic imine (C=N–C) groups is 1. The molecule has 0 unspecified atom stereocenters. The van der Waals surface area contributed by atoms with E-state index < -0.39 is 10.0 Å². The molecule has 0 fully saturated rings. The lowest BCUT2D eigenvalue weighted by Gasteiger charge is -2.12. The molecule has 126 valence electrons. The van der Waals surface area contributed by atoms with Crippen LogP contribution < -0.4 is 10.9 Å². The molecule has 1 aromatic heterocycles. The van der Waals surface area contributed by atoms with E-state index in [1.807, 2.05) is 12.1 Å². The number of nitrogens with zero attached hydrogens (tertiary/aromatic N) is 4. The first kappa shape index (κ1) is 15.4. The van der Waals surface area contributed by atoms with E-state index in [1.54, 1.807) is 18.2 Å². The molecule has 1 aliphatic heterocycles. The average Bonchev–Trinajstić information content (AvgIpc) is 3.20. The molecule has 25 heavy (non-hydrogen) atoms. The Morgan fingerprint density at radius 3 is 2.72 bits per heavy atom. The minimum atomic E-state index is -3.96. The van der Waals surface area contributed by atoms with Crippen LogP contribution in [0.5, 0.6) is 0 Å². The molecule has 0 saturated carbocycles. The SMILES string of the molecule is Nc1nc2ccc(-c3cccc(S(N)(=O)=O)c3C3=NCN=N3)cc2[nH]1. The third-order valence-electron chi connectivity index (χ3n) is 3.82. The first-order valence-electron chi connectivity index (χ1n) is 7.27. The molecule has 0 atom stereocenters. The Kier molecular flexibility index (Phi) is 3.37. The third kappa shape index (κ3) is 2.66. The molecular weight excluding hydrogens is 342 g/mol. The Morgan fingerprint density at radius 2 is 2.00 bits per heavy atom. The highest BCUT2D eigenvalue weighted by molar-refractivity contribution is 7.89. The number of azo groups is 1. The van der Waals surface area contributed by atoms with Crippen LogP contribution in [0.4, 0.5) is 5.95 Å². The van der Waals surface area contributed by atoms with Crippen molar-refractivity contribution >= 4 is 32.8 Å². The number of aromatic nitrogens is 2. The second-order valence-corrected chi connectivity index (χ2v) is 6.97. The molecule has 0 saturated heterocycles. The summed E-state index contributed by atoms with van der Waals surface area (Å²) in [7, 11) is -3.96. The van der Waals surface area contributed by atoms with Gasteiger partial charge in [-0.3, -0.25) is 0 Å². The second kappa shape index (κ2) is 5.46. The van der Waals surface area contributed by atoms with Crippen LogP contribution in [0.25, 0.3) is 22.2 Å². The van der Waals surface area contributed by atoms with Crippen molar-refractivity contribution in [2.75, 3.05) is 12.4 Å². The predicted molar refractivity (Wildman–Crippen MR) is 93.6 cm³/mol. The highest BCUT2D eigenvalue weighted by atomic mass is 32.2. The first-order chi connectivity index (χ1) is 11.9. The van der Waals surface area contributed by atoms with Gasteiger partial charge in [0.25, 0.3) is 0 Å². The number of anilines is 1. The van der Waals surface area contributed by atoms with Gasteiger partial charge in [-0.1, -0.05) is 18.2 Å². The zero-order valence-electron chi connectivity index (χ0n) is 12.8. The quantitative estimate of drug-likeness (QED) is 0.653. The van der Waals surface area contributed by atoms with E-state index in [4.69, 9.17) is 10.9 Å². The predicted octanol–water partition coefficient (Wildman–Crippen LogP) is 1.63. The van der Waals surface area contributed by atoms with Crippen molar-refractivity contribution in [3.63, 3.8) is 0 Å². The smallest absolute Gasteiger partial charge is 0.238 e. The van der Waals surface area contributed by atoms with E-state index in [9.17, 15) is 8.42 Å². The number of sulfonamides is 1. The van der Waals surface area contributed by atoms with Gasteiger partial charge in [-0.15, -0.1) is 5.11 Å². The highest BCUT2D eigenvalue weighted by Crippen LogP contribution is 2.32. The first-order valence-corrected chi connectivity index (χ1v) is 8.82. The minimum absolute atomic E-state index is 0.0474. The topological polar surface area (TPSA) is 152 Å². The van der Waals surface area contributed by atoms with Crippen LogP contribution in [0.3, 0.4) is 0 Å². The maximum Gasteiger partial charge on any atom is 0.238 e. The Labute approximate surface area is 142 Å². The van der Waals surface area contributed by atoms with Crippen LogP contribution >= 0.6 is 0 Å². The molecule has 0 radical (unpaired) electrons. The van der Waals surface area contributed by atoms with E-state index in [2.05, 4.69) is 25.2 Å². The Morgan fingerprint density at radius 1 is 1.16 bits per heavy atom. The second-order valence-electron chi connectivity index (χ2n) is 5.44. The molecule has 2 aromatic carbocycles. The fourth-order valence-corrected chi connectivity index (χ4v) is 3.55. The van der Waals surface area contributed by atoms with Gasteiger partial charge >= 0.3 is 0 Å². The van der Waals surface area contributed by atoms with Crippen molar-refractivity contribution in [1.29, 1.82) is 0 Å². The van der Waals surface area contributed by atoms with Gasteiger partial charge in [0.05, 0.1) is 15.9 Å². The molecule has 0 amide bonds. The summed E-state index contributed by atoms with van der Waals surface area (Å²) in [5.41, 5.74) is 8.83.